The summed E-state index contributed by atoms with van der Waals surface area (Å²) in [6.07, 6.45) is 2.72. The number of halogens is 1. The number of benzene rings is 1. The molecule has 2 aromatic heterocycles. The van der Waals surface area contributed by atoms with Gasteiger partial charge in [0.25, 0.3) is 5.91 Å². The predicted molar refractivity (Wildman–Crippen MR) is 103 cm³/mol. The third-order valence-electron chi connectivity index (χ3n) is 4.21. The molecule has 9 heteroatoms. The zero-order valence-corrected chi connectivity index (χ0v) is 15.5. The van der Waals surface area contributed by atoms with Crippen molar-refractivity contribution in [3.05, 3.63) is 58.3 Å². The van der Waals surface area contributed by atoms with E-state index in [1.807, 2.05) is 0 Å². The molecule has 146 valence electrons. The summed E-state index contributed by atoms with van der Waals surface area (Å²) in [4.78, 5) is 40.0. The van der Waals surface area contributed by atoms with Crippen molar-refractivity contribution in [2.45, 2.75) is 19.4 Å². The SMILES string of the molecule is CN(C)C(=O)CCCn1ccc(NC(=O)c2cc(=O)[nH]c3cc(F)ccc23)n1. The van der Waals surface area contributed by atoms with Gasteiger partial charge in [0.15, 0.2) is 5.82 Å². The molecule has 0 fully saturated rings. The first-order chi connectivity index (χ1) is 13.3. The smallest absolute Gasteiger partial charge is 0.257 e. The van der Waals surface area contributed by atoms with E-state index in [4.69, 9.17) is 0 Å². The van der Waals surface area contributed by atoms with Crippen molar-refractivity contribution in [2.75, 3.05) is 19.4 Å². The number of hydrogen-bond donors (Lipinski definition) is 2. The first-order valence-electron chi connectivity index (χ1n) is 8.71. The summed E-state index contributed by atoms with van der Waals surface area (Å²) < 4.78 is 15.0. The summed E-state index contributed by atoms with van der Waals surface area (Å²) in [5.41, 5.74) is -0.127. The van der Waals surface area contributed by atoms with Gasteiger partial charge in [-0.15, -0.1) is 0 Å². The Balaban J connectivity index is 1.71. The van der Waals surface area contributed by atoms with Gasteiger partial charge in [-0.2, -0.15) is 5.10 Å². The second-order valence-electron chi connectivity index (χ2n) is 6.55. The Labute approximate surface area is 160 Å². The maximum absolute atomic E-state index is 13.4. The Morgan fingerprint density at radius 3 is 2.79 bits per heavy atom. The van der Waals surface area contributed by atoms with Crippen LogP contribution in [0.25, 0.3) is 10.9 Å². The fraction of sp³-hybridized carbons (Fsp3) is 0.263. The van der Waals surface area contributed by atoms with Crippen LogP contribution in [-0.4, -0.2) is 45.6 Å². The highest BCUT2D eigenvalue weighted by Gasteiger charge is 2.14. The number of aromatic nitrogens is 3. The van der Waals surface area contributed by atoms with Crippen molar-refractivity contribution in [3.63, 3.8) is 0 Å². The second-order valence-corrected chi connectivity index (χ2v) is 6.55. The van der Waals surface area contributed by atoms with Crippen LogP contribution in [0.1, 0.15) is 23.2 Å². The second kappa shape index (κ2) is 8.03. The largest absolute Gasteiger partial charge is 0.349 e. The average molecular weight is 385 g/mol. The van der Waals surface area contributed by atoms with Crippen LogP contribution in [0.4, 0.5) is 10.2 Å². The zero-order chi connectivity index (χ0) is 20.3. The molecule has 3 rings (SSSR count). The van der Waals surface area contributed by atoms with Crippen LogP contribution < -0.4 is 10.9 Å². The van der Waals surface area contributed by atoms with Crippen molar-refractivity contribution in [3.8, 4) is 0 Å². The fourth-order valence-corrected chi connectivity index (χ4v) is 2.77. The van der Waals surface area contributed by atoms with E-state index in [2.05, 4.69) is 15.4 Å². The lowest BCUT2D eigenvalue weighted by molar-refractivity contribution is -0.128. The van der Waals surface area contributed by atoms with Crippen LogP contribution in [-0.2, 0) is 11.3 Å². The number of fused-ring (bicyclic) bond motifs is 1. The number of amides is 2. The molecule has 0 saturated carbocycles. The van der Waals surface area contributed by atoms with Crippen molar-refractivity contribution in [1.29, 1.82) is 0 Å². The number of nitrogens with zero attached hydrogens (tertiary/aromatic N) is 3. The van der Waals surface area contributed by atoms with Gasteiger partial charge in [-0.25, -0.2) is 4.39 Å². The number of pyridine rings is 1. The highest BCUT2D eigenvalue weighted by Crippen LogP contribution is 2.17. The molecule has 28 heavy (non-hydrogen) atoms. The Hall–Kier alpha value is -3.49. The topological polar surface area (TPSA) is 100 Å². The molecular weight excluding hydrogens is 365 g/mol. The average Bonchev–Trinajstić information content (AvgIpc) is 3.07. The minimum absolute atomic E-state index is 0.0401. The monoisotopic (exact) mass is 385 g/mol. The van der Waals surface area contributed by atoms with E-state index >= 15 is 0 Å². The lowest BCUT2D eigenvalue weighted by Crippen LogP contribution is -2.21. The molecule has 2 N–H and O–H groups in total. The normalized spacial score (nSPS) is 10.8. The predicted octanol–water partition coefficient (Wildman–Crippen LogP) is 1.98. The van der Waals surface area contributed by atoms with Gasteiger partial charge in [-0.1, -0.05) is 0 Å². The molecule has 1 aromatic carbocycles. The van der Waals surface area contributed by atoms with Gasteiger partial charge in [0.05, 0.1) is 11.1 Å². The maximum Gasteiger partial charge on any atom is 0.257 e. The minimum Gasteiger partial charge on any atom is -0.349 e. The molecule has 8 nitrogen and oxygen atoms in total. The Morgan fingerprint density at radius 2 is 2.04 bits per heavy atom. The summed E-state index contributed by atoms with van der Waals surface area (Å²) in [5, 5.41) is 7.32. The Morgan fingerprint density at radius 1 is 1.25 bits per heavy atom. The molecule has 0 saturated heterocycles. The van der Waals surface area contributed by atoms with Crippen LogP contribution in [0.3, 0.4) is 0 Å². The lowest BCUT2D eigenvalue weighted by Gasteiger charge is -2.09. The molecule has 0 unspecified atom stereocenters. The van der Waals surface area contributed by atoms with Crippen LogP contribution in [0.15, 0.2) is 41.3 Å². The zero-order valence-electron chi connectivity index (χ0n) is 15.5. The number of nitrogens with one attached hydrogen (secondary N) is 2. The van der Waals surface area contributed by atoms with Gasteiger partial charge in [0.2, 0.25) is 11.5 Å². The summed E-state index contributed by atoms with van der Waals surface area (Å²) in [5.74, 6) is -0.666. The van der Waals surface area contributed by atoms with Gasteiger partial charge in [-0.05, 0) is 24.6 Å². The molecule has 0 spiro atoms. The molecular formula is C19H20FN5O3. The molecule has 2 heterocycles. The van der Waals surface area contributed by atoms with Gasteiger partial charge >= 0.3 is 0 Å². The standard InChI is InChI=1S/C19H20FN5O3/c1-24(2)18(27)4-3-8-25-9-7-16(23-25)22-19(28)14-11-17(26)21-15-10-12(20)5-6-13(14)15/h5-7,9-11H,3-4,8H2,1-2H3,(H,21,26)(H,22,23,28). The van der Waals surface area contributed by atoms with E-state index in [9.17, 15) is 18.8 Å². The number of carbonyl (C=O) groups excluding carboxylic acids is 2. The van der Waals surface area contributed by atoms with E-state index in [1.165, 1.54) is 23.1 Å². The first-order valence-corrected chi connectivity index (χ1v) is 8.71. The van der Waals surface area contributed by atoms with E-state index in [-0.39, 0.29) is 17.0 Å². The molecule has 0 aliphatic rings. The van der Waals surface area contributed by atoms with Gasteiger partial charge < -0.3 is 15.2 Å². The number of aromatic amines is 1. The van der Waals surface area contributed by atoms with Gasteiger partial charge in [0, 0.05) is 50.8 Å². The van der Waals surface area contributed by atoms with Crippen molar-refractivity contribution >= 4 is 28.5 Å². The van der Waals surface area contributed by atoms with Crippen LogP contribution in [0.5, 0.6) is 0 Å². The van der Waals surface area contributed by atoms with Gasteiger partial charge in [-0.3, -0.25) is 19.1 Å². The molecule has 0 aliphatic carbocycles. The molecule has 0 bridgehead atoms. The fourth-order valence-electron chi connectivity index (χ4n) is 2.77. The van der Waals surface area contributed by atoms with Crippen molar-refractivity contribution < 1.29 is 14.0 Å². The number of hydrogen-bond acceptors (Lipinski definition) is 4. The highest BCUT2D eigenvalue weighted by atomic mass is 19.1. The van der Waals surface area contributed by atoms with Crippen molar-refractivity contribution in [1.82, 2.24) is 19.7 Å². The van der Waals surface area contributed by atoms with Crippen LogP contribution >= 0.6 is 0 Å². The quantitative estimate of drug-likeness (QED) is 0.678. The van der Waals surface area contributed by atoms with E-state index in [1.54, 1.807) is 31.0 Å². The molecule has 0 aliphatic heterocycles. The first kappa shape index (κ1) is 19.3. The summed E-state index contributed by atoms with van der Waals surface area (Å²) in [7, 11) is 3.41. The highest BCUT2D eigenvalue weighted by molar-refractivity contribution is 6.11. The number of anilines is 1. The number of H-pyrrole nitrogens is 1. The maximum atomic E-state index is 13.4. The van der Waals surface area contributed by atoms with Crippen LogP contribution in [0.2, 0.25) is 0 Å². The number of carbonyl (C=O) groups is 2. The lowest BCUT2D eigenvalue weighted by atomic mass is 10.1. The molecule has 0 radical (unpaired) electrons. The number of rotatable bonds is 6. The van der Waals surface area contributed by atoms with E-state index in [0.29, 0.717) is 30.6 Å². The Kier molecular flexibility index (Phi) is 5.53. The summed E-state index contributed by atoms with van der Waals surface area (Å²) >= 11 is 0. The summed E-state index contributed by atoms with van der Waals surface area (Å²) in [6.45, 7) is 0.530. The summed E-state index contributed by atoms with van der Waals surface area (Å²) in [6, 6.07) is 6.62. The third-order valence-corrected chi connectivity index (χ3v) is 4.21. The Bertz CT molecular complexity index is 1090. The number of aryl methyl sites for hydroxylation is 1. The van der Waals surface area contributed by atoms with Crippen LogP contribution in [0, 0.1) is 5.82 Å². The molecule has 2 amide bonds. The van der Waals surface area contributed by atoms with E-state index in [0.717, 1.165) is 6.07 Å². The third kappa shape index (κ3) is 4.43. The van der Waals surface area contributed by atoms with Gasteiger partial charge in [0.1, 0.15) is 5.82 Å². The molecule has 0 atom stereocenters. The minimum atomic E-state index is -0.518. The molecule has 3 aromatic rings. The van der Waals surface area contributed by atoms with E-state index < -0.39 is 17.3 Å². The van der Waals surface area contributed by atoms with Crippen molar-refractivity contribution in [2.24, 2.45) is 0 Å².